The lowest BCUT2D eigenvalue weighted by molar-refractivity contribution is 0.905. The van der Waals surface area contributed by atoms with Crippen molar-refractivity contribution in [1.29, 1.82) is 0 Å². The minimum Gasteiger partial charge on any atom is -0.308 e. The van der Waals surface area contributed by atoms with Crippen LogP contribution in [0.1, 0.15) is 30.3 Å². The highest BCUT2D eigenvalue weighted by molar-refractivity contribution is 5.99. The van der Waals surface area contributed by atoms with Crippen molar-refractivity contribution < 1.29 is 0 Å². The molecule has 0 spiro atoms. The van der Waals surface area contributed by atoms with E-state index in [-0.39, 0.29) is 0 Å². The van der Waals surface area contributed by atoms with Gasteiger partial charge in [0, 0.05) is 23.5 Å². The molecule has 0 bridgehead atoms. The number of hydrazine groups is 1. The molecule has 4 heteroatoms. The molecule has 0 saturated carbocycles. The zero-order valence-corrected chi connectivity index (χ0v) is 9.54. The molecule has 0 saturated heterocycles. The van der Waals surface area contributed by atoms with Crippen molar-refractivity contribution in [3.63, 3.8) is 0 Å². The molecule has 1 heterocycles. The van der Waals surface area contributed by atoms with Crippen molar-refractivity contribution in [3.05, 3.63) is 29.1 Å². The molecular weight excluding hydrogens is 188 g/mol. The first kappa shape index (κ1) is 11.7. The summed E-state index contributed by atoms with van der Waals surface area (Å²) in [6, 6.07) is 3.95. The molecule has 1 rings (SSSR count). The minimum absolute atomic E-state index is 0.710. The van der Waals surface area contributed by atoms with E-state index in [2.05, 4.69) is 22.3 Å². The summed E-state index contributed by atoms with van der Waals surface area (Å²) in [6.07, 6.45) is 1.00. The average Bonchev–Trinajstić information content (AvgIpc) is 2.21. The van der Waals surface area contributed by atoms with Crippen LogP contribution in [0.25, 0.3) is 0 Å². The van der Waals surface area contributed by atoms with Gasteiger partial charge in [-0.15, -0.1) is 0 Å². The Balaban J connectivity index is 3.02. The van der Waals surface area contributed by atoms with Crippen LogP contribution in [0.15, 0.2) is 17.1 Å². The van der Waals surface area contributed by atoms with E-state index in [1.54, 1.807) is 0 Å². The van der Waals surface area contributed by atoms with Gasteiger partial charge in [0.25, 0.3) is 0 Å². The molecule has 15 heavy (non-hydrogen) atoms. The van der Waals surface area contributed by atoms with E-state index >= 15 is 0 Å². The Morgan fingerprint density at radius 3 is 2.73 bits per heavy atom. The molecule has 0 amide bonds. The van der Waals surface area contributed by atoms with Crippen molar-refractivity contribution in [2.75, 3.05) is 6.54 Å². The Morgan fingerprint density at radius 2 is 2.20 bits per heavy atom. The highest BCUT2D eigenvalue weighted by atomic mass is 15.2. The lowest BCUT2D eigenvalue weighted by atomic mass is 10.1. The summed E-state index contributed by atoms with van der Waals surface area (Å²) in [5, 5.41) is 0. The van der Waals surface area contributed by atoms with E-state index in [9.17, 15) is 0 Å². The van der Waals surface area contributed by atoms with Crippen molar-refractivity contribution in [1.82, 2.24) is 10.4 Å². The number of nitrogens with two attached hydrogens (primary N) is 1. The van der Waals surface area contributed by atoms with Crippen LogP contribution in [-0.2, 0) is 0 Å². The normalized spacial score (nSPS) is 11.6. The average molecular weight is 206 g/mol. The standard InChI is InChI=1S/C11H18N4/c1-4-7-13-11(15-12)10-6-5-8(2)14-9(10)3/h5-6H,4,7,12H2,1-3H3,(H,13,15). The Kier molecular flexibility index (Phi) is 4.24. The van der Waals surface area contributed by atoms with Crippen LogP contribution in [0.4, 0.5) is 0 Å². The van der Waals surface area contributed by atoms with Crippen LogP contribution in [0.2, 0.25) is 0 Å². The number of aromatic nitrogens is 1. The summed E-state index contributed by atoms with van der Waals surface area (Å²) < 4.78 is 0. The third-order valence-corrected chi connectivity index (χ3v) is 2.11. The van der Waals surface area contributed by atoms with Gasteiger partial charge in [0.2, 0.25) is 0 Å². The molecule has 0 aliphatic heterocycles. The molecule has 0 aliphatic carbocycles. The van der Waals surface area contributed by atoms with E-state index in [1.165, 1.54) is 0 Å². The van der Waals surface area contributed by atoms with E-state index in [0.717, 1.165) is 29.9 Å². The number of nitrogens with zero attached hydrogens (tertiary/aromatic N) is 2. The van der Waals surface area contributed by atoms with Crippen LogP contribution in [-0.4, -0.2) is 17.4 Å². The van der Waals surface area contributed by atoms with E-state index in [1.807, 2.05) is 26.0 Å². The molecule has 0 aliphatic rings. The smallest absolute Gasteiger partial charge is 0.144 e. The fourth-order valence-corrected chi connectivity index (χ4v) is 1.37. The molecule has 3 N–H and O–H groups in total. The summed E-state index contributed by atoms with van der Waals surface area (Å²) >= 11 is 0. The Labute approximate surface area is 90.6 Å². The van der Waals surface area contributed by atoms with Crippen LogP contribution >= 0.6 is 0 Å². The fraction of sp³-hybridized carbons (Fsp3) is 0.455. The van der Waals surface area contributed by atoms with Gasteiger partial charge in [-0.2, -0.15) is 0 Å². The first-order valence-electron chi connectivity index (χ1n) is 5.14. The highest BCUT2D eigenvalue weighted by Crippen LogP contribution is 2.06. The van der Waals surface area contributed by atoms with Crippen LogP contribution in [0.5, 0.6) is 0 Å². The van der Waals surface area contributed by atoms with E-state index < -0.39 is 0 Å². The molecule has 82 valence electrons. The number of amidine groups is 1. The number of hydrogen-bond acceptors (Lipinski definition) is 3. The monoisotopic (exact) mass is 206 g/mol. The van der Waals surface area contributed by atoms with Gasteiger partial charge in [-0.05, 0) is 32.4 Å². The van der Waals surface area contributed by atoms with Crippen molar-refractivity contribution in [2.45, 2.75) is 27.2 Å². The topological polar surface area (TPSA) is 63.3 Å². The van der Waals surface area contributed by atoms with Crippen molar-refractivity contribution >= 4 is 5.84 Å². The SMILES string of the molecule is CCCN=C(NN)c1ccc(C)nc1C. The van der Waals surface area contributed by atoms with Crippen LogP contribution in [0, 0.1) is 13.8 Å². The summed E-state index contributed by atoms with van der Waals surface area (Å²) in [5.74, 6) is 6.15. The summed E-state index contributed by atoms with van der Waals surface area (Å²) in [5.41, 5.74) is 5.54. The first-order valence-corrected chi connectivity index (χ1v) is 5.14. The van der Waals surface area contributed by atoms with Crippen molar-refractivity contribution in [2.24, 2.45) is 10.8 Å². The number of hydrogen-bond donors (Lipinski definition) is 2. The third kappa shape index (κ3) is 3.02. The lowest BCUT2D eigenvalue weighted by Gasteiger charge is -2.08. The molecule has 1 aromatic rings. The number of pyridine rings is 1. The zero-order chi connectivity index (χ0) is 11.3. The summed E-state index contributed by atoms with van der Waals surface area (Å²) in [7, 11) is 0. The number of nitrogens with one attached hydrogen (secondary N) is 1. The minimum atomic E-state index is 0.710. The lowest BCUT2D eigenvalue weighted by Crippen LogP contribution is -2.32. The van der Waals surface area contributed by atoms with Gasteiger partial charge in [-0.3, -0.25) is 9.98 Å². The first-order chi connectivity index (χ1) is 7.19. The molecular formula is C11H18N4. The molecule has 0 unspecified atom stereocenters. The maximum atomic E-state index is 5.44. The number of aryl methyl sites for hydroxylation is 2. The zero-order valence-electron chi connectivity index (χ0n) is 9.54. The second-order valence-electron chi connectivity index (χ2n) is 3.46. The molecule has 4 nitrogen and oxygen atoms in total. The third-order valence-electron chi connectivity index (χ3n) is 2.11. The molecule has 1 aromatic heterocycles. The predicted molar refractivity (Wildman–Crippen MR) is 62.7 cm³/mol. The fourth-order valence-electron chi connectivity index (χ4n) is 1.37. The second kappa shape index (κ2) is 5.46. The Morgan fingerprint density at radius 1 is 1.47 bits per heavy atom. The van der Waals surface area contributed by atoms with Gasteiger partial charge in [-0.1, -0.05) is 6.92 Å². The molecule has 0 aromatic carbocycles. The quantitative estimate of drug-likeness (QED) is 0.339. The van der Waals surface area contributed by atoms with Gasteiger partial charge in [0.15, 0.2) is 0 Å². The Hall–Kier alpha value is -1.42. The van der Waals surface area contributed by atoms with Gasteiger partial charge in [0.05, 0.1) is 0 Å². The second-order valence-corrected chi connectivity index (χ2v) is 3.46. The van der Waals surface area contributed by atoms with Gasteiger partial charge in [0.1, 0.15) is 5.84 Å². The van der Waals surface area contributed by atoms with Crippen molar-refractivity contribution in [3.8, 4) is 0 Å². The summed E-state index contributed by atoms with van der Waals surface area (Å²) in [4.78, 5) is 8.74. The van der Waals surface area contributed by atoms with Gasteiger partial charge >= 0.3 is 0 Å². The van der Waals surface area contributed by atoms with Crippen LogP contribution in [0.3, 0.4) is 0 Å². The maximum Gasteiger partial charge on any atom is 0.144 e. The number of aliphatic imine (C=N–C) groups is 1. The number of rotatable bonds is 3. The summed E-state index contributed by atoms with van der Waals surface area (Å²) in [6.45, 7) is 6.78. The highest BCUT2D eigenvalue weighted by Gasteiger charge is 2.05. The van der Waals surface area contributed by atoms with Crippen LogP contribution < -0.4 is 11.3 Å². The molecule has 0 radical (unpaired) electrons. The molecule has 0 atom stereocenters. The van der Waals surface area contributed by atoms with E-state index in [4.69, 9.17) is 5.84 Å². The molecule has 0 fully saturated rings. The van der Waals surface area contributed by atoms with Gasteiger partial charge in [-0.25, -0.2) is 5.84 Å². The van der Waals surface area contributed by atoms with Gasteiger partial charge < -0.3 is 5.43 Å². The predicted octanol–water partition coefficient (Wildman–Crippen LogP) is 1.32. The van der Waals surface area contributed by atoms with E-state index in [0.29, 0.717) is 5.84 Å². The Bertz CT molecular complexity index is 358. The largest absolute Gasteiger partial charge is 0.308 e. The maximum absolute atomic E-state index is 5.44.